The van der Waals surface area contributed by atoms with Gasteiger partial charge < -0.3 is 24.7 Å². The second kappa shape index (κ2) is 10.3. The number of carbonyl (C=O) groups is 1. The summed E-state index contributed by atoms with van der Waals surface area (Å²) in [4.78, 5) is 18.7. The summed E-state index contributed by atoms with van der Waals surface area (Å²) in [5.74, 6) is 2.56. The van der Waals surface area contributed by atoms with Crippen molar-refractivity contribution in [1.82, 2.24) is 15.2 Å². The van der Waals surface area contributed by atoms with Gasteiger partial charge in [0.15, 0.2) is 11.5 Å². The SMILES string of the molecule is CCc1c(-c2ccc(OC)c(OC)c2)[nH]c2ccc(C3CCN(C(=O)C4CCNCC4)CC3)cc12. The Balaban J connectivity index is 1.36. The molecule has 2 N–H and O–H groups in total. The number of rotatable bonds is 6. The monoisotopic (exact) mass is 475 g/mol. The van der Waals surface area contributed by atoms with E-state index in [9.17, 15) is 4.79 Å². The standard InChI is InChI=1S/C29H37N3O3/c1-4-23-24-17-21(19-11-15-32(16-12-19)29(33)20-9-13-30-14-10-20)5-7-25(24)31-28(23)22-6-8-26(34-2)27(18-22)35-3/h5-8,17-20,30-31H,4,9-16H2,1-3H3. The van der Waals surface area contributed by atoms with E-state index >= 15 is 0 Å². The van der Waals surface area contributed by atoms with Gasteiger partial charge in [-0.25, -0.2) is 0 Å². The van der Waals surface area contributed by atoms with Crippen molar-refractivity contribution < 1.29 is 14.3 Å². The third-order valence-electron chi connectivity index (χ3n) is 7.92. The second-order valence-corrected chi connectivity index (χ2v) is 9.83. The summed E-state index contributed by atoms with van der Waals surface area (Å²) in [7, 11) is 3.33. The molecular formula is C29H37N3O3. The Kier molecular flexibility index (Phi) is 7.00. The van der Waals surface area contributed by atoms with Gasteiger partial charge in [-0.15, -0.1) is 0 Å². The normalized spacial score (nSPS) is 17.6. The highest BCUT2D eigenvalue weighted by atomic mass is 16.5. The highest BCUT2D eigenvalue weighted by Gasteiger charge is 2.29. The van der Waals surface area contributed by atoms with Crippen molar-refractivity contribution in [2.24, 2.45) is 5.92 Å². The average molecular weight is 476 g/mol. The van der Waals surface area contributed by atoms with Crippen molar-refractivity contribution in [3.05, 3.63) is 47.5 Å². The number of aromatic nitrogens is 1. The topological polar surface area (TPSA) is 66.6 Å². The fourth-order valence-electron chi connectivity index (χ4n) is 5.88. The summed E-state index contributed by atoms with van der Waals surface area (Å²) < 4.78 is 11.0. The van der Waals surface area contributed by atoms with Crippen LogP contribution in [0.4, 0.5) is 0 Å². The quantitative estimate of drug-likeness (QED) is 0.519. The lowest BCUT2D eigenvalue weighted by molar-refractivity contribution is -0.137. The van der Waals surface area contributed by atoms with Gasteiger partial charge in [-0.3, -0.25) is 4.79 Å². The number of likely N-dealkylation sites (tertiary alicyclic amines) is 1. The van der Waals surface area contributed by atoms with E-state index in [1.807, 2.05) is 12.1 Å². The number of ether oxygens (including phenoxy) is 2. The molecule has 3 heterocycles. The minimum Gasteiger partial charge on any atom is -0.493 e. The first-order valence-corrected chi connectivity index (χ1v) is 13.0. The van der Waals surface area contributed by atoms with Crippen molar-refractivity contribution in [2.75, 3.05) is 40.4 Å². The van der Waals surface area contributed by atoms with E-state index in [1.165, 1.54) is 16.5 Å². The molecular weight excluding hydrogens is 438 g/mol. The van der Waals surface area contributed by atoms with Gasteiger partial charge in [-0.1, -0.05) is 13.0 Å². The number of aromatic amines is 1. The van der Waals surface area contributed by atoms with Gasteiger partial charge in [0, 0.05) is 41.2 Å². The fraction of sp³-hybridized carbons (Fsp3) is 0.483. The third kappa shape index (κ3) is 4.64. The third-order valence-corrected chi connectivity index (χ3v) is 7.92. The van der Waals surface area contributed by atoms with E-state index in [4.69, 9.17) is 9.47 Å². The summed E-state index contributed by atoms with van der Waals surface area (Å²) in [5, 5.41) is 4.66. The number of benzene rings is 2. The maximum Gasteiger partial charge on any atom is 0.225 e. The zero-order valence-electron chi connectivity index (χ0n) is 21.2. The predicted octanol–water partition coefficient (Wildman–Crippen LogP) is 5.12. The van der Waals surface area contributed by atoms with Gasteiger partial charge >= 0.3 is 0 Å². The number of hydrogen-bond donors (Lipinski definition) is 2. The van der Waals surface area contributed by atoms with Crippen LogP contribution in [-0.2, 0) is 11.2 Å². The lowest BCUT2D eigenvalue weighted by atomic mass is 9.87. The Morgan fingerprint density at radius 1 is 0.971 bits per heavy atom. The molecule has 6 nitrogen and oxygen atoms in total. The average Bonchev–Trinajstić information content (AvgIpc) is 3.30. The molecule has 2 aliphatic heterocycles. The van der Waals surface area contributed by atoms with Gasteiger partial charge in [0.1, 0.15) is 0 Å². The van der Waals surface area contributed by atoms with Gasteiger partial charge in [0.2, 0.25) is 5.91 Å². The van der Waals surface area contributed by atoms with Crippen LogP contribution >= 0.6 is 0 Å². The van der Waals surface area contributed by atoms with E-state index in [0.717, 1.165) is 86.6 Å². The molecule has 35 heavy (non-hydrogen) atoms. The number of piperidine rings is 2. The van der Waals surface area contributed by atoms with E-state index in [-0.39, 0.29) is 5.92 Å². The van der Waals surface area contributed by atoms with Crippen LogP contribution in [-0.4, -0.2) is 56.2 Å². The Labute approximate surface area is 208 Å². The van der Waals surface area contributed by atoms with Gasteiger partial charge in [-0.2, -0.15) is 0 Å². The summed E-state index contributed by atoms with van der Waals surface area (Å²) in [6.45, 7) is 5.89. The minimum absolute atomic E-state index is 0.214. The maximum absolute atomic E-state index is 13.0. The summed E-state index contributed by atoms with van der Waals surface area (Å²) in [6.07, 6.45) is 4.97. The van der Waals surface area contributed by atoms with Gasteiger partial charge in [-0.05, 0) is 92.6 Å². The van der Waals surface area contributed by atoms with Crippen LogP contribution in [0.1, 0.15) is 49.7 Å². The number of H-pyrrole nitrogens is 1. The molecule has 0 radical (unpaired) electrons. The molecule has 1 aromatic heterocycles. The number of carbonyl (C=O) groups excluding carboxylic acids is 1. The first kappa shape index (κ1) is 23.7. The first-order valence-electron chi connectivity index (χ1n) is 13.0. The van der Waals surface area contributed by atoms with Crippen molar-refractivity contribution in [3.8, 4) is 22.8 Å². The summed E-state index contributed by atoms with van der Waals surface area (Å²) in [5.41, 5.74) is 6.12. The van der Waals surface area contributed by atoms with Crippen LogP contribution in [0.15, 0.2) is 36.4 Å². The van der Waals surface area contributed by atoms with Crippen LogP contribution in [0.25, 0.3) is 22.2 Å². The summed E-state index contributed by atoms with van der Waals surface area (Å²) in [6, 6.07) is 13.0. The number of nitrogens with zero attached hydrogens (tertiary/aromatic N) is 1. The van der Waals surface area contributed by atoms with Crippen LogP contribution < -0.4 is 14.8 Å². The van der Waals surface area contributed by atoms with Crippen molar-refractivity contribution in [3.63, 3.8) is 0 Å². The highest BCUT2D eigenvalue weighted by Crippen LogP contribution is 2.38. The van der Waals surface area contributed by atoms with Gasteiger partial charge in [0.25, 0.3) is 0 Å². The van der Waals surface area contributed by atoms with Crippen molar-refractivity contribution in [1.29, 1.82) is 0 Å². The molecule has 0 spiro atoms. The molecule has 5 rings (SSSR count). The molecule has 1 amide bonds. The number of hydrogen-bond acceptors (Lipinski definition) is 4. The molecule has 2 aliphatic rings. The molecule has 0 unspecified atom stereocenters. The predicted molar refractivity (Wildman–Crippen MR) is 140 cm³/mol. The minimum atomic E-state index is 0.214. The molecule has 2 aromatic carbocycles. The molecule has 3 aromatic rings. The van der Waals surface area contributed by atoms with Crippen LogP contribution in [0.5, 0.6) is 11.5 Å². The molecule has 0 atom stereocenters. The molecule has 2 fully saturated rings. The molecule has 186 valence electrons. The number of amides is 1. The Hall–Kier alpha value is -2.99. The van der Waals surface area contributed by atoms with E-state index in [1.54, 1.807) is 14.2 Å². The van der Waals surface area contributed by atoms with Crippen LogP contribution in [0.3, 0.4) is 0 Å². The van der Waals surface area contributed by atoms with E-state index in [0.29, 0.717) is 11.8 Å². The summed E-state index contributed by atoms with van der Waals surface area (Å²) >= 11 is 0. The number of methoxy groups -OCH3 is 2. The lowest BCUT2D eigenvalue weighted by Gasteiger charge is -2.35. The van der Waals surface area contributed by atoms with Crippen molar-refractivity contribution in [2.45, 2.75) is 44.9 Å². The number of nitrogens with one attached hydrogen (secondary N) is 2. The second-order valence-electron chi connectivity index (χ2n) is 9.83. The van der Waals surface area contributed by atoms with Gasteiger partial charge in [0.05, 0.1) is 14.2 Å². The van der Waals surface area contributed by atoms with Crippen LogP contribution in [0.2, 0.25) is 0 Å². The highest BCUT2D eigenvalue weighted by molar-refractivity contribution is 5.91. The fourth-order valence-corrected chi connectivity index (χ4v) is 5.88. The molecule has 0 saturated carbocycles. The number of aryl methyl sites for hydroxylation is 1. The zero-order chi connectivity index (χ0) is 24.4. The zero-order valence-corrected chi connectivity index (χ0v) is 21.2. The Bertz CT molecular complexity index is 1190. The van der Waals surface area contributed by atoms with E-state index < -0.39 is 0 Å². The molecule has 2 saturated heterocycles. The van der Waals surface area contributed by atoms with E-state index in [2.05, 4.69) is 46.4 Å². The first-order chi connectivity index (χ1) is 17.1. The molecule has 0 bridgehead atoms. The lowest BCUT2D eigenvalue weighted by Crippen LogP contribution is -2.44. The Morgan fingerprint density at radius 2 is 1.71 bits per heavy atom. The van der Waals surface area contributed by atoms with Crippen LogP contribution in [0, 0.1) is 5.92 Å². The molecule has 0 aliphatic carbocycles. The smallest absolute Gasteiger partial charge is 0.225 e. The molecule has 6 heteroatoms. The Morgan fingerprint density at radius 3 is 2.40 bits per heavy atom. The van der Waals surface area contributed by atoms with Crippen molar-refractivity contribution >= 4 is 16.8 Å². The number of fused-ring (bicyclic) bond motifs is 1. The maximum atomic E-state index is 13.0. The largest absolute Gasteiger partial charge is 0.493 e.